The number of rotatable bonds is 0. The Hall–Kier alpha value is -0.360. The van der Waals surface area contributed by atoms with E-state index in [2.05, 4.69) is 27.6 Å². The van der Waals surface area contributed by atoms with Gasteiger partial charge in [0.05, 0.1) is 9.09 Å². The minimum absolute atomic E-state index is 0.434. The van der Waals surface area contributed by atoms with Crippen molar-refractivity contribution in [3.63, 3.8) is 0 Å². The summed E-state index contributed by atoms with van der Waals surface area (Å²) < 4.78 is 6.33. The maximum absolute atomic E-state index is 5.25. The quantitative estimate of drug-likeness (QED) is 0.592. The summed E-state index contributed by atoms with van der Waals surface area (Å²) in [6.45, 7) is 0. The average Bonchev–Trinajstić information content (AvgIpc) is 2.31. The molecule has 0 bridgehead atoms. The Morgan fingerprint density at radius 3 is 3.00 bits per heavy atom. The minimum atomic E-state index is 0.434. The number of nitrogens with one attached hydrogen (secondary N) is 1. The number of halogens is 1. The fourth-order valence-corrected chi connectivity index (χ4v) is 1.74. The minimum Gasteiger partial charge on any atom is -0.428 e. The van der Waals surface area contributed by atoms with Gasteiger partial charge in [-0.2, -0.15) is 0 Å². The molecule has 1 aromatic heterocycles. The molecule has 2 aromatic rings. The summed E-state index contributed by atoms with van der Waals surface area (Å²) in [6, 6.07) is 5.89. The fourth-order valence-electron chi connectivity index (χ4n) is 0.939. The second-order valence-electron chi connectivity index (χ2n) is 2.13. The van der Waals surface area contributed by atoms with Crippen LogP contribution in [0.4, 0.5) is 0 Å². The summed E-state index contributed by atoms with van der Waals surface area (Å²) >= 11 is 7.06. The molecule has 4 heteroatoms. The molecule has 0 aliphatic heterocycles. The van der Waals surface area contributed by atoms with Gasteiger partial charge in [-0.25, -0.2) is 0 Å². The highest BCUT2D eigenvalue weighted by Gasteiger charge is 2.00. The van der Waals surface area contributed by atoms with E-state index in [1.165, 1.54) is 0 Å². The maximum atomic E-state index is 5.25. The summed E-state index contributed by atoms with van der Waals surface area (Å²) in [5.74, 6) is 0. The lowest BCUT2D eigenvalue weighted by Gasteiger charge is -1.87. The van der Waals surface area contributed by atoms with Crippen molar-refractivity contribution >= 4 is 45.9 Å². The molecule has 0 radical (unpaired) electrons. The van der Waals surface area contributed by atoms with Gasteiger partial charge in [-0.1, -0.05) is 6.07 Å². The first-order valence-corrected chi connectivity index (χ1v) is 4.53. The van der Waals surface area contributed by atoms with Crippen molar-refractivity contribution in [1.82, 2.24) is 4.98 Å². The van der Waals surface area contributed by atoms with Crippen LogP contribution >= 0.6 is 34.8 Å². The zero-order chi connectivity index (χ0) is 7.84. The van der Waals surface area contributed by atoms with Crippen LogP contribution in [0.3, 0.4) is 0 Å². The van der Waals surface area contributed by atoms with E-state index in [9.17, 15) is 0 Å². The van der Waals surface area contributed by atoms with Crippen LogP contribution in [0.25, 0.3) is 11.1 Å². The molecule has 2 nitrogen and oxygen atoms in total. The Kier molecular flexibility index (Phi) is 1.72. The molecule has 0 atom stereocenters. The first kappa shape index (κ1) is 7.30. The first-order valence-electron chi connectivity index (χ1n) is 3.05. The lowest BCUT2D eigenvalue weighted by atomic mass is 10.3. The van der Waals surface area contributed by atoms with E-state index >= 15 is 0 Å². The predicted molar refractivity (Wildman–Crippen MR) is 54.1 cm³/mol. The van der Waals surface area contributed by atoms with Gasteiger partial charge in [0.2, 0.25) is 0 Å². The van der Waals surface area contributed by atoms with Gasteiger partial charge in [0.1, 0.15) is 0 Å². The normalized spacial score (nSPS) is 10.6. The molecule has 0 aliphatic carbocycles. The van der Waals surface area contributed by atoms with Gasteiger partial charge in [0, 0.05) is 0 Å². The highest BCUT2D eigenvalue weighted by atomic mass is 127. The Bertz CT molecular complexity index is 445. The predicted octanol–water partition coefficient (Wildman–Crippen LogP) is 3.09. The molecule has 0 aliphatic rings. The SMILES string of the molecule is S=c1[nH]c2cccc(I)c2o1. The van der Waals surface area contributed by atoms with E-state index in [4.69, 9.17) is 16.6 Å². The van der Waals surface area contributed by atoms with Crippen molar-refractivity contribution in [3.05, 3.63) is 26.6 Å². The Morgan fingerprint density at radius 2 is 2.27 bits per heavy atom. The number of aromatic amines is 1. The lowest BCUT2D eigenvalue weighted by Crippen LogP contribution is -1.70. The van der Waals surface area contributed by atoms with Gasteiger partial charge in [0.25, 0.3) is 4.84 Å². The van der Waals surface area contributed by atoms with Crippen LogP contribution in [-0.2, 0) is 0 Å². The van der Waals surface area contributed by atoms with E-state index in [0.717, 1.165) is 14.7 Å². The molecule has 1 heterocycles. The molecule has 1 aromatic carbocycles. The highest BCUT2D eigenvalue weighted by Crippen LogP contribution is 2.19. The Morgan fingerprint density at radius 1 is 1.45 bits per heavy atom. The van der Waals surface area contributed by atoms with Crippen LogP contribution in [0.15, 0.2) is 22.6 Å². The van der Waals surface area contributed by atoms with E-state index in [-0.39, 0.29) is 0 Å². The van der Waals surface area contributed by atoms with Crippen molar-refractivity contribution in [2.75, 3.05) is 0 Å². The lowest BCUT2D eigenvalue weighted by molar-refractivity contribution is 0.581. The molecule has 0 saturated heterocycles. The van der Waals surface area contributed by atoms with Gasteiger partial charge >= 0.3 is 0 Å². The smallest absolute Gasteiger partial charge is 0.266 e. The van der Waals surface area contributed by atoms with E-state index in [1.54, 1.807) is 0 Å². The van der Waals surface area contributed by atoms with Crippen LogP contribution in [0, 0.1) is 8.41 Å². The maximum Gasteiger partial charge on any atom is 0.266 e. The number of benzene rings is 1. The molecule has 11 heavy (non-hydrogen) atoms. The fraction of sp³-hybridized carbons (Fsp3) is 0. The largest absolute Gasteiger partial charge is 0.428 e. The monoisotopic (exact) mass is 277 g/mol. The van der Waals surface area contributed by atoms with E-state index in [1.807, 2.05) is 18.2 Å². The van der Waals surface area contributed by atoms with E-state index in [0.29, 0.717) is 4.84 Å². The van der Waals surface area contributed by atoms with Crippen molar-refractivity contribution in [3.8, 4) is 0 Å². The van der Waals surface area contributed by atoms with E-state index < -0.39 is 0 Å². The number of H-pyrrole nitrogens is 1. The molecule has 0 spiro atoms. The third-order valence-electron chi connectivity index (χ3n) is 1.40. The Labute approximate surface area is 81.7 Å². The summed E-state index contributed by atoms with van der Waals surface area (Å²) in [5, 5.41) is 0. The molecule has 2 rings (SSSR count). The summed E-state index contributed by atoms with van der Waals surface area (Å²) in [7, 11) is 0. The standard InChI is InChI=1S/C7H4INOS/c8-4-2-1-3-5-6(4)10-7(11)9-5/h1-3H,(H,9,11). The van der Waals surface area contributed by atoms with Crippen molar-refractivity contribution in [2.45, 2.75) is 0 Å². The number of fused-ring (bicyclic) bond motifs is 1. The van der Waals surface area contributed by atoms with Gasteiger partial charge in [0.15, 0.2) is 5.58 Å². The summed E-state index contributed by atoms with van der Waals surface area (Å²) in [6.07, 6.45) is 0. The second kappa shape index (κ2) is 2.60. The van der Waals surface area contributed by atoms with Crippen molar-refractivity contribution < 1.29 is 4.42 Å². The molecule has 1 N–H and O–H groups in total. The van der Waals surface area contributed by atoms with Crippen LogP contribution in [0.2, 0.25) is 0 Å². The number of para-hydroxylation sites is 1. The van der Waals surface area contributed by atoms with Crippen molar-refractivity contribution in [1.29, 1.82) is 0 Å². The number of hydrogen-bond donors (Lipinski definition) is 1. The van der Waals surface area contributed by atoms with Gasteiger partial charge in [-0.05, 0) is 46.9 Å². The van der Waals surface area contributed by atoms with Gasteiger partial charge < -0.3 is 9.40 Å². The first-order chi connectivity index (χ1) is 5.27. The number of hydrogen-bond acceptors (Lipinski definition) is 2. The molecular formula is C7H4INOS. The average molecular weight is 277 g/mol. The zero-order valence-electron chi connectivity index (χ0n) is 5.43. The number of oxazole rings is 1. The van der Waals surface area contributed by atoms with Crippen LogP contribution < -0.4 is 0 Å². The molecule has 0 saturated carbocycles. The Balaban J connectivity index is 3.01. The highest BCUT2D eigenvalue weighted by molar-refractivity contribution is 14.1. The van der Waals surface area contributed by atoms with Crippen molar-refractivity contribution in [2.24, 2.45) is 0 Å². The van der Waals surface area contributed by atoms with Crippen LogP contribution in [0.1, 0.15) is 0 Å². The summed E-state index contributed by atoms with van der Waals surface area (Å²) in [5.41, 5.74) is 1.81. The second-order valence-corrected chi connectivity index (χ2v) is 3.66. The third-order valence-corrected chi connectivity index (χ3v) is 2.43. The van der Waals surface area contributed by atoms with Crippen LogP contribution in [0.5, 0.6) is 0 Å². The van der Waals surface area contributed by atoms with Gasteiger partial charge in [-0.15, -0.1) is 0 Å². The topological polar surface area (TPSA) is 28.9 Å². The third kappa shape index (κ3) is 1.20. The number of aromatic nitrogens is 1. The molecular weight excluding hydrogens is 273 g/mol. The zero-order valence-corrected chi connectivity index (χ0v) is 8.40. The summed E-state index contributed by atoms with van der Waals surface area (Å²) in [4.78, 5) is 3.38. The molecule has 0 unspecified atom stereocenters. The molecule has 56 valence electrons. The van der Waals surface area contributed by atoms with Gasteiger partial charge in [-0.3, -0.25) is 0 Å². The van der Waals surface area contributed by atoms with Crippen LogP contribution in [-0.4, -0.2) is 4.98 Å². The molecule has 0 fully saturated rings. The molecule has 0 amide bonds.